The topological polar surface area (TPSA) is 114 Å². The van der Waals surface area contributed by atoms with Crippen molar-refractivity contribution in [3.05, 3.63) is 46.3 Å². The Morgan fingerprint density at radius 1 is 1.24 bits per heavy atom. The normalized spacial score (nSPS) is 18.5. The molecule has 0 bridgehead atoms. The van der Waals surface area contributed by atoms with Crippen molar-refractivity contribution in [3.63, 3.8) is 0 Å². The summed E-state index contributed by atoms with van der Waals surface area (Å²) in [7, 11) is 0. The van der Waals surface area contributed by atoms with Crippen LogP contribution in [0.4, 0.5) is 0 Å². The minimum absolute atomic E-state index is 0.0524. The Hall–Kier alpha value is -3.07. The molecule has 0 aliphatic carbocycles. The van der Waals surface area contributed by atoms with Gasteiger partial charge in [0.1, 0.15) is 18.1 Å². The number of rotatable bonds is 2. The number of aromatic nitrogens is 1. The van der Waals surface area contributed by atoms with E-state index in [2.05, 4.69) is 15.8 Å². The van der Waals surface area contributed by atoms with Crippen molar-refractivity contribution in [3.8, 4) is 5.75 Å². The lowest BCUT2D eigenvalue weighted by molar-refractivity contribution is -0.123. The van der Waals surface area contributed by atoms with Crippen molar-refractivity contribution in [2.75, 3.05) is 26.2 Å². The number of amides is 3. The molecule has 3 amide bonds. The molecule has 1 atom stereocenters. The van der Waals surface area contributed by atoms with Gasteiger partial charge in [-0.05, 0) is 43.9 Å². The van der Waals surface area contributed by atoms with Crippen molar-refractivity contribution in [2.45, 2.75) is 39.7 Å². The van der Waals surface area contributed by atoms with Crippen molar-refractivity contribution < 1.29 is 23.6 Å². The number of hydrogen-bond donors (Lipinski definition) is 2. The van der Waals surface area contributed by atoms with Gasteiger partial charge in [-0.3, -0.25) is 14.4 Å². The summed E-state index contributed by atoms with van der Waals surface area (Å²) in [5.74, 6) is -0.0125. The molecule has 1 aliphatic heterocycles. The number of carbonyl (C=O) groups is 3. The first-order valence-electron chi connectivity index (χ1n) is 11.0. The molecule has 1 aromatic heterocycles. The van der Waals surface area contributed by atoms with Gasteiger partial charge < -0.3 is 24.8 Å². The maximum atomic E-state index is 12.9. The fourth-order valence-electron chi connectivity index (χ4n) is 3.42. The SMILES string of the molecule is Cc1cc(C(=O)N2CCCCNC(=O)c3cc(Cl)ccc3OC[C@@H](C(C)C)NC(=O)C2)no1. The fourth-order valence-corrected chi connectivity index (χ4v) is 3.59. The van der Waals surface area contributed by atoms with E-state index in [4.69, 9.17) is 20.9 Å². The summed E-state index contributed by atoms with van der Waals surface area (Å²) in [5, 5.41) is 10.0. The van der Waals surface area contributed by atoms with Crippen LogP contribution in [0, 0.1) is 12.8 Å². The van der Waals surface area contributed by atoms with E-state index in [-0.39, 0.29) is 48.5 Å². The van der Waals surface area contributed by atoms with E-state index in [9.17, 15) is 14.4 Å². The third-order valence-electron chi connectivity index (χ3n) is 5.36. The first-order valence-corrected chi connectivity index (χ1v) is 11.3. The second kappa shape index (κ2) is 11.2. The average Bonchev–Trinajstić information content (AvgIpc) is 3.20. The average molecular weight is 477 g/mol. The Kier molecular flexibility index (Phi) is 8.32. The number of carbonyl (C=O) groups excluding carboxylic acids is 3. The van der Waals surface area contributed by atoms with E-state index in [1.807, 2.05) is 13.8 Å². The number of nitrogens with one attached hydrogen (secondary N) is 2. The molecule has 1 aromatic carbocycles. The van der Waals surface area contributed by atoms with E-state index in [1.54, 1.807) is 31.2 Å². The maximum absolute atomic E-state index is 12.9. The maximum Gasteiger partial charge on any atom is 0.276 e. The molecule has 10 heteroatoms. The van der Waals surface area contributed by atoms with Crippen molar-refractivity contribution in [1.29, 1.82) is 0 Å². The Morgan fingerprint density at radius 2 is 2.03 bits per heavy atom. The molecule has 0 fully saturated rings. The Labute approximate surface area is 197 Å². The second-order valence-electron chi connectivity index (χ2n) is 8.38. The summed E-state index contributed by atoms with van der Waals surface area (Å²) >= 11 is 6.09. The molecule has 9 nitrogen and oxygen atoms in total. The molecule has 0 unspecified atom stereocenters. The van der Waals surface area contributed by atoms with Crippen LogP contribution in [0.15, 0.2) is 28.8 Å². The first kappa shape index (κ1) is 24.6. The van der Waals surface area contributed by atoms with Crippen LogP contribution in [0.2, 0.25) is 5.02 Å². The highest BCUT2D eigenvalue weighted by atomic mass is 35.5. The lowest BCUT2D eigenvalue weighted by Gasteiger charge is -2.26. The number of fused-ring (bicyclic) bond motifs is 1. The smallest absolute Gasteiger partial charge is 0.276 e. The van der Waals surface area contributed by atoms with Crippen LogP contribution < -0.4 is 15.4 Å². The van der Waals surface area contributed by atoms with Crippen LogP contribution in [0.3, 0.4) is 0 Å². The van der Waals surface area contributed by atoms with Gasteiger partial charge in [-0.15, -0.1) is 0 Å². The number of benzene rings is 1. The van der Waals surface area contributed by atoms with E-state index in [1.165, 1.54) is 4.90 Å². The van der Waals surface area contributed by atoms with Gasteiger partial charge in [0.15, 0.2) is 5.69 Å². The molecule has 3 rings (SSSR count). The lowest BCUT2D eigenvalue weighted by Crippen LogP contribution is -2.48. The van der Waals surface area contributed by atoms with Crippen LogP contribution in [-0.4, -0.2) is 60.1 Å². The van der Waals surface area contributed by atoms with Gasteiger partial charge in [0, 0.05) is 24.2 Å². The molecule has 33 heavy (non-hydrogen) atoms. The highest BCUT2D eigenvalue weighted by molar-refractivity contribution is 6.31. The van der Waals surface area contributed by atoms with Crippen LogP contribution in [0.1, 0.15) is 53.3 Å². The van der Waals surface area contributed by atoms with Crippen LogP contribution in [0.25, 0.3) is 0 Å². The lowest BCUT2D eigenvalue weighted by atomic mass is 10.1. The first-order chi connectivity index (χ1) is 15.7. The summed E-state index contributed by atoms with van der Waals surface area (Å²) in [5.41, 5.74) is 0.493. The van der Waals surface area contributed by atoms with Gasteiger partial charge in [-0.1, -0.05) is 30.6 Å². The molecule has 0 spiro atoms. The van der Waals surface area contributed by atoms with Crippen molar-refractivity contribution in [1.82, 2.24) is 20.7 Å². The number of halogens is 1. The Morgan fingerprint density at radius 3 is 2.73 bits per heavy atom. The molecule has 2 N–H and O–H groups in total. The summed E-state index contributed by atoms with van der Waals surface area (Å²) < 4.78 is 10.9. The summed E-state index contributed by atoms with van der Waals surface area (Å²) in [6.07, 6.45) is 1.20. The van der Waals surface area contributed by atoms with Crippen molar-refractivity contribution in [2.24, 2.45) is 5.92 Å². The standard InChI is InChI=1S/C23H29ClN4O5/c1-14(2)19-13-32-20-7-6-16(24)11-17(20)22(30)25-8-4-5-9-28(12-21(29)26-19)23(31)18-10-15(3)33-27-18/h6-7,10-11,14,19H,4-5,8-9,12-13H2,1-3H3,(H,25,30)(H,26,29)/t19-/m0/s1. The molecule has 0 radical (unpaired) electrons. The molecule has 2 aromatic rings. The predicted molar refractivity (Wildman–Crippen MR) is 122 cm³/mol. The summed E-state index contributed by atoms with van der Waals surface area (Å²) in [6, 6.07) is 6.08. The van der Waals surface area contributed by atoms with Crippen molar-refractivity contribution >= 4 is 29.3 Å². The molecule has 0 saturated carbocycles. The third kappa shape index (κ3) is 6.71. The number of nitrogens with zero attached hydrogens (tertiary/aromatic N) is 2. The van der Waals surface area contributed by atoms with E-state index in [0.717, 1.165) is 0 Å². The van der Waals surface area contributed by atoms with Gasteiger partial charge in [0.05, 0.1) is 18.2 Å². The van der Waals surface area contributed by atoms with Gasteiger partial charge in [-0.25, -0.2) is 0 Å². The molecule has 0 saturated heterocycles. The second-order valence-corrected chi connectivity index (χ2v) is 8.82. The highest BCUT2D eigenvalue weighted by Crippen LogP contribution is 2.24. The summed E-state index contributed by atoms with van der Waals surface area (Å²) in [6.45, 7) is 6.38. The van der Waals surface area contributed by atoms with Crippen LogP contribution >= 0.6 is 11.6 Å². The zero-order valence-corrected chi connectivity index (χ0v) is 19.8. The Bertz CT molecular complexity index is 1010. The van der Waals surface area contributed by atoms with Crippen LogP contribution in [-0.2, 0) is 4.79 Å². The van der Waals surface area contributed by atoms with E-state index in [0.29, 0.717) is 48.0 Å². The Balaban J connectivity index is 1.81. The van der Waals surface area contributed by atoms with E-state index >= 15 is 0 Å². The largest absolute Gasteiger partial charge is 0.491 e. The summed E-state index contributed by atoms with van der Waals surface area (Å²) in [4.78, 5) is 39.9. The third-order valence-corrected chi connectivity index (χ3v) is 5.60. The minimum Gasteiger partial charge on any atom is -0.491 e. The molecule has 1 aliphatic rings. The molecular formula is C23H29ClN4O5. The number of aryl methyl sites for hydroxylation is 1. The van der Waals surface area contributed by atoms with Gasteiger partial charge in [-0.2, -0.15) is 0 Å². The predicted octanol–water partition coefficient (Wildman–Crippen LogP) is 2.82. The molecule has 2 heterocycles. The minimum atomic E-state index is -0.380. The van der Waals surface area contributed by atoms with Gasteiger partial charge in [0.25, 0.3) is 11.8 Å². The zero-order valence-electron chi connectivity index (χ0n) is 19.0. The molecule has 178 valence electrons. The monoisotopic (exact) mass is 476 g/mol. The quantitative estimate of drug-likeness (QED) is 0.689. The number of ether oxygens (including phenoxy) is 1. The fraction of sp³-hybridized carbons (Fsp3) is 0.478. The van der Waals surface area contributed by atoms with Gasteiger partial charge in [0.2, 0.25) is 5.91 Å². The van der Waals surface area contributed by atoms with E-state index < -0.39 is 0 Å². The zero-order chi connectivity index (χ0) is 24.0. The molecular weight excluding hydrogens is 448 g/mol. The van der Waals surface area contributed by atoms with Gasteiger partial charge >= 0.3 is 0 Å². The highest BCUT2D eigenvalue weighted by Gasteiger charge is 2.25. The van der Waals surface area contributed by atoms with Crippen LogP contribution in [0.5, 0.6) is 5.75 Å². The number of hydrogen-bond acceptors (Lipinski definition) is 6.